The van der Waals surface area contributed by atoms with Crippen molar-refractivity contribution in [2.45, 2.75) is 64.8 Å². The van der Waals surface area contributed by atoms with Crippen molar-refractivity contribution in [3.63, 3.8) is 0 Å². The van der Waals surface area contributed by atoms with Gasteiger partial charge in [-0.1, -0.05) is 39.0 Å². The summed E-state index contributed by atoms with van der Waals surface area (Å²) in [4.78, 5) is 17.4. The van der Waals surface area contributed by atoms with Gasteiger partial charge in [0.1, 0.15) is 0 Å². The van der Waals surface area contributed by atoms with Crippen LogP contribution in [0.15, 0.2) is 35.3 Å². The number of aromatic nitrogens is 2. The number of halogens is 3. The van der Waals surface area contributed by atoms with E-state index in [1.165, 1.54) is 6.07 Å². The molecule has 1 amide bonds. The number of carbonyl (C=O) groups is 1. The van der Waals surface area contributed by atoms with Crippen molar-refractivity contribution < 1.29 is 22.7 Å². The van der Waals surface area contributed by atoms with Crippen LogP contribution in [0.1, 0.15) is 67.7 Å². The lowest BCUT2D eigenvalue weighted by Gasteiger charge is -2.21. The molecule has 2 aromatic rings. The highest BCUT2D eigenvalue weighted by molar-refractivity contribution is 5.98. The maximum absolute atomic E-state index is 13.3. The van der Waals surface area contributed by atoms with Crippen molar-refractivity contribution in [3.8, 4) is 0 Å². The van der Waals surface area contributed by atoms with Gasteiger partial charge in [0.05, 0.1) is 18.2 Å². The quantitative estimate of drug-likeness (QED) is 0.652. The molecule has 1 fully saturated rings. The van der Waals surface area contributed by atoms with E-state index in [1.54, 1.807) is 19.1 Å². The third kappa shape index (κ3) is 5.23. The van der Waals surface area contributed by atoms with Crippen molar-refractivity contribution in [1.82, 2.24) is 9.36 Å². The first-order chi connectivity index (χ1) is 14.9. The fraction of sp³-hybridized carbons (Fsp3) is 0.500. The number of benzene rings is 1. The lowest BCUT2D eigenvalue weighted by atomic mass is 9.92. The number of hydrogen-bond donors (Lipinski definition) is 0. The SMILES string of the molecule is C/C=C/c1ccc(C(F)(F)F)cc1C(=O)N=c1cc(C(C)(C)C)n(C)n1C[C@H]1CCCO1. The van der Waals surface area contributed by atoms with Crippen LogP contribution in [-0.4, -0.2) is 28.0 Å². The molecular weight excluding hydrogens is 419 g/mol. The molecule has 0 aliphatic carbocycles. The largest absolute Gasteiger partial charge is 0.416 e. The molecule has 3 rings (SSSR count). The van der Waals surface area contributed by atoms with Gasteiger partial charge >= 0.3 is 6.18 Å². The van der Waals surface area contributed by atoms with E-state index in [-0.39, 0.29) is 17.1 Å². The number of hydrogen-bond acceptors (Lipinski definition) is 2. The molecule has 1 aromatic heterocycles. The molecular formula is C24H30F3N3O2. The maximum Gasteiger partial charge on any atom is 0.416 e. The van der Waals surface area contributed by atoms with Crippen molar-refractivity contribution in [3.05, 3.63) is 58.2 Å². The minimum absolute atomic E-state index is 0.0117. The van der Waals surface area contributed by atoms with Gasteiger partial charge in [0, 0.05) is 36.4 Å². The fourth-order valence-electron chi connectivity index (χ4n) is 3.97. The third-order valence-electron chi connectivity index (χ3n) is 5.58. The highest BCUT2D eigenvalue weighted by atomic mass is 19.4. The molecule has 0 N–H and O–H groups in total. The number of alkyl halides is 3. The van der Waals surface area contributed by atoms with Crippen LogP contribution in [0.25, 0.3) is 6.08 Å². The van der Waals surface area contributed by atoms with E-state index in [9.17, 15) is 18.0 Å². The second-order valence-electron chi connectivity index (χ2n) is 9.10. The van der Waals surface area contributed by atoms with E-state index in [0.29, 0.717) is 24.2 Å². The van der Waals surface area contributed by atoms with Crippen LogP contribution in [0.3, 0.4) is 0 Å². The highest BCUT2D eigenvalue weighted by Crippen LogP contribution is 2.31. The van der Waals surface area contributed by atoms with Crippen molar-refractivity contribution in [2.75, 3.05) is 6.61 Å². The van der Waals surface area contributed by atoms with Gasteiger partial charge in [-0.15, -0.1) is 0 Å². The molecule has 0 unspecified atom stereocenters. The molecule has 174 valence electrons. The number of nitrogens with zero attached hydrogens (tertiary/aromatic N) is 3. The van der Waals surface area contributed by atoms with Gasteiger partial charge in [-0.2, -0.15) is 18.2 Å². The molecule has 32 heavy (non-hydrogen) atoms. The predicted molar refractivity (Wildman–Crippen MR) is 117 cm³/mol. The lowest BCUT2D eigenvalue weighted by Crippen LogP contribution is -2.30. The molecule has 1 aliphatic heterocycles. The Balaban J connectivity index is 2.13. The normalized spacial score (nSPS) is 18.1. The molecule has 2 heterocycles. The van der Waals surface area contributed by atoms with Crippen molar-refractivity contribution >= 4 is 12.0 Å². The Morgan fingerprint density at radius 1 is 1.25 bits per heavy atom. The van der Waals surface area contributed by atoms with Gasteiger partial charge in [0.25, 0.3) is 5.91 Å². The minimum atomic E-state index is -4.55. The molecule has 0 radical (unpaired) electrons. The summed E-state index contributed by atoms with van der Waals surface area (Å²) in [5.41, 5.74) is 0.590. The summed E-state index contributed by atoms with van der Waals surface area (Å²) < 4.78 is 49.4. The van der Waals surface area contributed by atoms with Gasteiger partial charge in [0.15, 0.2) is 5.49 Å². The van der Waals surface area contributed by atoms with Crippen LogP contribution in [-0.2, 0) is 29.9 Å². The summed E-state index contributed by atoms with van der Waals surface area (Å²) in [5, 5.41) is 0. The molecule has 8 heteroatoms. The third-order valence-corrected chi connectivity index (χ3v) is 5.58. The number of allylic oxidation sites excluding steroid dienone is 1. The van der Waals surface area contributed by atoms with Crippen LogP contribution < -0.4 is 5.49 Å². The Bertz CT molecular complexity index is 1080. The molecule has 5 nitrogen and oxygen atoms in total. The first-order valence-corrected chi connectivity index (χ1v) is 10.7. The van der Waals surface area contributed by atoms with Gasteiger partial charge in [-0.05, 0) is 37.5 Å². The van der Waals surface area contributed by atoms with E-state index in [0.717, 1.165) is 30.7 Å². The molecule has 0 spiro atoms. The maximum atomic E-state index is 13.3. The van der Waals surface area contributed by atoms with Gasteiger partial charge in [0.2, 0.25) is 0 Å². The summed E-state index contributed by atoms with van der Waals surface area (Å²) in [6.07, 6.45) is 0.638. The van der Waals surface area contributed by atoms with E-state index in [1.807, 2.05) is 22.5 Å². The average molecular weight is 450 g/mol. The Labute approximate surface area is 186 Å². The van der Waals surface area contributed by atoms with Crippen molar-refractivity contribution in [2.24, 2.45) is 12.0 Å². The van der Waals surface area contributed by atoms with E-state index < -0.39 is 17.6 Å². The Kier molecular flexibility index (Phi) is 6.83. The summed E-state index contributed by atoms with van der Waals surface area (Å²) in [6, 6.07) is 4.98. The van der Waals surface area contributed by atoms with E-state index in [4.69, 9.17) is 4.74 Å². The molecule has 1 atom stereocenters. The standard InChI is InChI=1S/C24H30F3N3O2/c1-6-8-16-10-11-17(24(25,26)27)13-19(16)22(31)28-21-14-20(23(2,3)4)29(5)30(21)15-18-9-7-12-32-18/h6,8,10-11,13-14,18H,7,9,12,15H2,1-5H3/b8-6+,28-21?/t18-/m1/s1. The number of ether oxygens (including phenoxy) is 1. The average Bonchev–Trinajstić information content (AvgIpc) is 3.31. The number of rotatable bonds is 4. The highest BCUT2D eigenvalue weighted by Gasteiger charge is 2.31. The predicted octanol–water partition coefficient (Wildman–Crippen LogP) is 5.10. The van der Waals surface area contributed by atoms with Crippen LogP contribution in [0.5, 0.6) is 0 Å². The summed E-state index contributed by atoms with van der Waals surface area (Å²) in [7, 11) is 1.90. The smallest absolute Gasteiger partial charge is 0.376 e. The lowest BCUT2D eigenvalue weighted by molar-refractivity contribution is -0.137. The van der Waals surface area contributed by atoms with Crippen LogP contribution >= 0.6 is 0 Å². The van der Waals surface area contributed by atoms with Gasteiger partial charge < -0.3 is 4.74 Å². The van der Waals surface area contributed by atoms with Gasteiger partial charge in [-0.25, -0.2) is 0 Å². The summed E-state index contributed by atoms with van der Waals surface area (Å²) >= 11 is 0. The minimum Gasteiger partial charge on any atom is -0.376 e. The molecule has 0 bridgehead atoms. The Morgan fingerprint density at radius 3 is 2.53 bits per heavy atom. The first-order valence-electron chi connectivity index (χ1n) is 10.7. The second kappa shape index (κ2) is 9.10. The Morgan fingerprint density at radius 2 is 1.97 bits per heavy atom. The molecule has 0 saturated carbocycles. The molecule has 1 aliphatic rings. The monoisotopic (exact) mass is 449 g/mol. The summed E-state index contributed by atoms with van der Waals surface area (Å²) in [5.74, 6) is -0.712. The van der Waals surface area contributed by atoms with E-state index >= 15 is 0 Å². The van der Waals surface area contributed by atoms with Crippen LogP contribution in [0.4, 0.5) is 13.2 Å². The zero-order valence-corrected chi connectivity index (χ0v) is 19.2. The first kappa shape index (κ1) is 24.0. The topological polar surface area (TPSA) is 48.5 Å². The fourth-order valence-corrected chi connectivity index (χ4v) is 3.97. The van der Waals surface area contributed by atoms with Crippen LogP contribution in [0.2, 0.25) is 0 Å². The van der Waals surface area contributed by atoms with Gasteiger partial charge in [-0.3, -0.25) is 14.2 Å². The van der Waals surface area contributed by atoms with Crippen molar-refractivity contribution in [1.29, 1.82) is 0 Å². The summed E-state index contributed by atoms with van der Waals surface area (Å²) in [6.45, 7) is 9.13. The second-order valence-corrected chi connectivity index (χ2v) is 9.10. The number of carbonyl (C=O) groups excluding carboxylic acids is 1. The number of amides is 1. The Hall–Kier alpha value is -2.61. The molecule has 1 saturated heterocycles. The zero-order valence-electron chi connectivity index (χ0n) is 19.2. The zero-order chi connectivity index (χ0) is 23.7. The molecule has 1 aromatic carbocycles. The van der Waals surface area contributed by atoms with Crippen LogP contribution in [0, 0.1) is 0 Å². The van der Waals surface area contributed by atoms with E-state index in [2.05, 4.69) is 25.8 Å².